The van der Waals surface area contributed by atoms with E-state index in [-0.39, 0.29) is 5.91 Å². The van der Waals surface area contributed by atoms with Gasteiger partial charge in [0.15, 0.2) is 5.96 Å². The molecule has 9 heteroatoms. The number of nitrogens with zero attached hydrogens (tertiary/aromatic N) is 7. The van der Waals surface area contributed by atoms with Gasteiger partial charge in [-0.05, 0) is 19.8 Å². The number of aliphatic imine (C=N–C) groups is 1. The molecule has 0 aliphatic carbocycles. The van der Waals surface area contributed by atoms with E-state index in [4.69, 9.17) is 9.98 Å². The molecule has 1 saturated heterocycles. The van der Waals surface area contributed by atoms with Gasteiger partial charge in [-0.2, -0.15) is 5.10 Å². The van der Waals surface area contributed by atoms with E-state index in [0.717, 1.165) is 43.4 Å². The van der Waals surface area contributed by atoms with Crippen LogP contribution in [-0.2, 0) is 31.4 Å². The number of guanidine groups is 1. The number of piperazine rings is 1. The van der Waals surface area contributed by atoms with Gasteiger partial charge in [0.1, 0.15) is 12.4 Å². The van der Waals surface area contributed by atoms with E-state index in [1.165, 1.54) is 18.7 Å². The summed E-state index contributed by atoms with van der Waals surface area (Å²) in [5, 5.41) is 7.48. The first kappa shape index (κ1) is 18.5. The molecule has 0 saturated carbocycles. The zero-order chi connectivity index (χ0) is 19.5. The minimum absolute atomic E-state index is 0.0577. The molecule has 2 aliphatic rings. The molecule has 150 valence electrons. The van der Waals surface area contributed by atoms with E-state index >= 15 is 0 Å². The summed E-state index contributed by atoms with van der Waals surface area (Å²) in [5.74, 6) is 2.00. The van der Waals surface area contributed by atoms with E-state index in [0.29, 0.717) is 19.6 Å². The largest absolute Gasteiger partial charge is 0.356 e. The van der Waals surface area contributed by atoms with Crippen LogP contribution in [0.2, 0.25) is 0 Å². The zero-order valence-corrected chi connectivity index (χ0v) is 16.6. The maximum Gasteiger partial charge on any atom is 0.246 e. The molecule has 0 spiro atoms. The molecular formula is C19H28N8O. The van der Waals surface area contributed by atoms with Crippen LogP contribution >= 0.6 is 0 Å². The van der Waals surface area contributed by atoms with Crippen molar-refractivity contribution in [2.75, 3.05) is 31.1 Å². The number of carbonyl (C=O) groups is 1. The summed E-state index contributed by atoms with van der Waals surface area (Å²) in [5.41, 5.74) is 1.84. The van der Waals surface area contributed by atoms with Crippen molar-refractivity contribution in [3.05, 3.63) is 30.1 Å². The number of amides is 1. The van der Waals surface area contributed by atoms with E-state index in [2.05, 4.69) is 21.2 Å². The van der Waals surface area contributed by atoms with Crippen LogP contribution in [0.4, 0.5) is 5.69 Å². The Balaban J connectivity index is 1.43. The molecule has 9 nitrogen and oxygen atoms in total. The molecule has 28 heavy (non-hydrogen) atoms. The molecule has 1 fully saturated rings. The lowest BCUT2D eigenvalue weighted by molar-refractivity contribution is -0.120. The number of anilines is 1. The fourth-order valence-corrected chi connectivity index (χ4v) is 3.80. The Morgan fingerprint density at radius 3 is 2.86 bits per heavy atom. The van der Waals surface area contributed by atoms with Gasteiger partial charge in [0.2, 0.25) is 5.91 Å². The van der Waals surface area contributed by atoms with Gasteiger partial charge in [-0.1, -0.05) is 0 Å². The lowest BCUT2D eigenvalue weighted by Gasteiger charge is -2.35. The SMILES string of the molecule is CCNC(=NCc1cn2c(n1)CCCC2)N1CCN(c2cnn(C)c2)C(=O)C1. The quantitative estimate of drug-likeness (QED) is 0.622. The highest BCUT2D eigenvalue weighted by molar-refractivity contribution is 5.98. The van der Waals surface area contributed by atoms with Gasteiger partial charge in [-0.15, -0.1) is 0 Å². The summed E-state index contributed by atoms with van der Waals surface area (Å²) >= 11 is 0. The number of fused-ring (bicyclic) bond motifs is 1. The molecule has 0 unspecified atom stereocenters. The van der Waals surface area contributed by atoms with Crippen molar-refractivity contribution >= 4 is 17.6 Å². The van der Waals surface area contributed by atoms with E-state index < -0.39 is 0 Å². The Labute approximate surface area is 165 Å². The van der Waals surface area contributed by atoms with Crippen LogP contribution in [0, 0.1) is 0 Å². The topological polar surface area (TPSA) is 83.6 Å². The van der Waals surface area contributed by atoms with Crippen LogP contribution in [0.5, 0.6) is 0 Å². The third-order valence-corrected chi connectivity index (χ3v) is 5.21. The van der Waals surface area contributed by atoms with Gasteiger partial charge in [0, 0.05) is 52.0 Å². The summed E-state index contributed by atoms with van der Waals surface area (Å²) in [7, 11) is 1.86. The van der Waals surface area contributed by atoms with Crippen LogP contribution in [0.1, 0.15) is 31.3 Å². The van der Waals surface area contributed by atoms with Crippen molar-refractivity contribution in [2.45, 2.75) is 39.3 Å². The van der Waals surface area contributed by atoms with E-state index in [1.54, 1.807) is 15.8 Å². The second-order valence-electron chi connectivity index (χ2n) is 7.31. The van der Waals surface area contributed by atoms with Crippen LogP contribution < -0.4 is 10.2 Å². The van der Waals surface area contributed by atoms with Gasteiger partial charge >= 0.3 is 0 Å². The first-order valence-corrected chi connectivity index (χ1v) is 10.0. The van der Waals surface area contributed by atoms with Crippen molar-refractivity contribution in [2.24, 2.45) is 12.0 Å². The molecule has 0 atom stereocenters. The van der Waals surface area contributed by atoms with Gasteiger partial charge < -0.3 is 19.7 Å². The first-order chi connectivity index (χ1) is 13.6. The summed E-state index contributed by atoms with van der Waals surface area (Å²) in [6.45, 7) is 6.03. The Bertz CT molecular complexity index is 844. The molecule has 4 rings (SSSR count). The summed E-state index contributed by atoms with van der Waals surface area (Å²) in [6, 6.07) is 0. The van der Waals surface area contributed by atoms with E-state index in [9.17, 15) is 4.79 Å². The molecule has 0 radical (unpaired) electrons. The number of imidazole rings is 1. The molecule has 0 bridgehead atoms. The summed E-state index contributed by atoms with van der Waals surface area (Å²) < 4.78 is 3.96. The molecule has 1 N–H and O–H groups in total. The molecule has 2 aromatic heterocycles. The minimum atomic E-state index is 0.0577. The Hall–Kier alpha value is -2.84. The second-order valence-corrected chi connectivity index (χ2v) is 7.31. The van der Waals surface area contributed by atoms with Crippen molar-refractivity contribution in [3.63, 3.8) is 0 Å². The monoisotopic (exact) mass is 384 g/mol. The van der Waals surface area contributed by atoms with Crippen LogP contribution in [0.25, 0.3) is 0 Å². The van der Waals surface area contributed by atoms with Gasteiger partial charge in [0.05, 0.1) is 24.1 Å². The molecule has 0 aromatic carbocycles. The Morgan fingerprint density at radius 2 is 2.14 bits per heavy atom. The molecule has 2 aromatic rings. The summed E-state index contributed by atoms with van der Waals surface area (Å²) in [6.07, 6.45) is 9.20. The van der Waals surface area contributed by atoms with Crippen LogP contribution in [-0.4, -0.2) is 62.3 Å². The number of hydrogen-bond acceptors (Lipinski definition) is 4. The van der Waals surface area contributed by atoms with Gasteiger partial charge in [-0.3, -0.25) is 9.48 Å². The van der Waals surface area contributed by atoms with Gasteiger partial charge in [-0.25, -0.2) is 9.98 Å². The Morgan fingerprint density at radius 1 is 1.25 bits per heavy atom. The fourth-order valence-electron chi connectivity index (χ4n) is 3.80. The Kier molecular flexibility index (Phi) is 5.31. The zero-order valence-electron chi connectivity index (χ0n) is 16.6. The average molecular weight is 384 g/mol. The number of aromatic nitrogens is 4. The first-order valence-electron chi connectivity index (χ1n) is 10.0. The average Bonchev–Trinajstić information content (AvgIpc) is 3.30. The lowest BCUT2D eigenvalue weighted by atomic mass is 10.2. The maximum atomic E-state index is 12.7. The lowest BCUT2D eigenvalue weighted by Crippen LogP contribution is -2.55. The highest BCUT2D eigenvalue weighted by Crippen LogP contribution is 2.17. The molecule has 2 aliphatic heterocycles. The fraction of sp³-hybridized carbons (Fsp3) is 0.579. The minimum Gasteiger partial charge on any atom is -0.356 e. The van der Waals surface area contributed by atoms with Crippen LogP contribution in [0.3, 0.4) is 0 Å². The number of carbonyl (C=O) groups excluding carboxylic acids is 1. The highest BCUT2D eigenvalue weighted by Gasteiger charge is 2.27. The predicted octanol–water partition coefficient (Wildman–Crippen LogP) is 0.767. The van der Waals surface area contributed by atoms with Crippen molar-refractivity contribution in [3.8, 4) is 0 Å². The normalized spacial score (nSPS) is 17.8. The maximum absolute atomic E-state index is 12.7. The number of rotatable bonds is 4. The third kappa shape index (κ3) is 3.88. The standard InChI is InChI=1S/C19H28N8O/c1-3-20-19(21-10-15-12-25-7-5-4-6-17(25)23-15)26-8-9-27(18(28)14-26)16-11-22-24(2)13-16/h11-13H,3-10,14H2,1-2H3,(H,20,21). The summed E-state index contributed by atoms with van der Waals surface area (Å²) in [4.78, 5) is 26.0. The highest BCUT2D eigenvalue weighted by atomic mass is 16.2. The number of hydrogen-bond donors (Lipinski definition) is 1. The van der Waals surface area contributed by atoms with Crippen LogP contribution in [0.15, 0.2) is 23.6 Å². The number of aryl methyl sites for hydroxylation is 3. The number of nitrogens with one attached hydrogen (secondary N) is 1. The molecule has 4 heterocycles. The van der Waals surface area contributed by atoms with E-state index in [1.807, 2.05) is 25.1 Å². The van der Waals surface area contributed by atoms with Crippen molar-refractivity contribution < 1.29 is 4.79 Å². The van der Waals surface area contributed by atoms with Crippen molar-refractivity contribution in [1.82, 2.24) is 29.5 Å². The molecule has 1 amide bonds. The van der Waals surface area contributed by atoms with Gasteiger partial charge in [0.25, 0.3) is 0 Å². The molecular weight excluding hydrogens is 356 g/mol. The second kappa shape index (κ2) is 8.04. The predicted molar refractivity (Wildman–Crippen MR) is 107 cm³/mol. The third-order valence-electron chi connectivity index (χ3n) is 5.21. The smallest absolute Gasteiger partial charge is 0.246 e. The van der Waals surface area contributed by atoms with Crippen molar-refractivity contribution in [1.29, 1.82) is 0 Å².